The highest BCUT2D eigenvalue weighted by atomic mass is 32.2. The van der Waals surface area contributed by atoms with Crippen molar-refractivity contribution in [3.05, 3.63) is 64.7 Å². The Hall–Kier alpha value is -3.37. The van der Waals surface area contributed by atoms with Gasteiger partial charge < -0.3 is 14.9 Å². The molecule has 168 valence electrons. The van der Waals surface area contributed by atoms with Gasteiger partial charge in [-0.05, 0) is 43.7 Å². The average molecular weight is 479 g/mol. The molecule has 0 spiro atoms. The summed E-state index contributed by atoms with van der Waals surface area (Å²) in [6, 6.07) is 11.6. The quantitative estimate of drug-likeness (QED) is 0.323. The van der Waals surface area contributed by atoms with Gasteiger partial charge in [0.15, 0.2) is 11.0 Å². The van der Waals surface area contributed by atoms with Crippen LogP contribution in [0, 0.1) is 13.8 Å². The smallest absolute Gasteiger partial charge is 0.192 e. The third-order valence-corrected chi connectivity index (χ3v) is 7.44. The van der Waals surface area contributed by atoms with E-state index in [1.807, 2.05) is 41.0 Å². The summed E-state index contributed by atoms with van der Waals surface area (Å²) in [5.41, 5.74) is 8.31. The van der Waals surface area contributed by atoms with Crippen LogP contribution in [0.1, 0.15) is 22.0 Å². The zero-order valence-corrected chi connectivity index (χ0v) is 20.0. The Balaban J connectivity index is 1.47. The monoisotopic (exact) mass is 478 g/mol. The number of ether oxygens (including phenoxy) is 1. The molecular weight excluding hydrogens is 456 g/mol. The molecule has 10 heteroatoms. The summed E-state index contributed by atoms with van der Waals surface area (Å²) in [7, 11) is 1.65. The second-order valence-electron chi connectivity index (χ2n) is 7.48. The Labute approximate surface area is 198 Å². The van der Waals surface area contributed by atoms with E-state index in [4.69, 9.17) is 19.9 Å². The van der Waals surface area contributed by atoms with Crippen LogP contribution in [0.4, 0.5) is 5.82 Å². The Morgan fingerprint density at radius 2 is 2.03 bits per heavy atom. The van der Waals surface area contributed by atoms with Crippen molar-refractivity contribution in [1.29, 1.82) is 0 Å². The Morgan fingerprint density at radius 3 is 2.82 bits per heavy atom. The van der Waals surface area contributed by atoms with Gasteiger partial charge in [0.25, 0.3) is 0 Å². The van der Waals surface area contributed by atoms with E-state index >= 15 is 0 Å². The lowest BCUT2D eigenvalue weighted by atomic mass is 10.2. The maximum atomic E-state index is 6.26. The number of hydrogen-bond acceptors (Lipinski definition) is 9. The molecule has 0 saturated carbocycles. The molecule has 0 amide bonds. The standard InChI is InChI=1S/C23H22N6O2S2/c1-13-14(2)33-22-19(13)20(24)25-18(26-22)12-32-23-28-27-21(15-6-4-7-16(10-15)30-3)29(23)11-17-8-5-9-31-17/h4-10H,11-12H2,1-3H3,(H2,24,25,26). The van der Waals surface area contributed by atoms with Crippen molar-refractivity contribution in [2.75, 3.05) is 12.8 Å². The summed E-state index contributed by atoms with van der Waals surface area (Å²) in [6.45, 7) is 4.63. The van der Waals surface area contributed by atoms with Crippen molar-refractivity contribution in [2.45, 2.75) is 31.3 Å². The number of benzene rings is 1. The lowest BCUT2D eigenvalue weighted by Crippen LogP contribution is -2.04. The van der Waals surface area contributed by atoms with Gasteiger partial charge in [0, 0.05) is 10.4 Å². The molecule has 2 N–H and O–H groups in total. The van der Waals surface area contributed by atoms with Crippen LogP contribution in [0.3, 0.4) is 0 Å². The number of thioether (sulfide) groups is 1. The van der Waals surface area contributed by atoms with E-state index in [1.165, 1.54) is 16.6 Å². The summed E-state index contributed by atoms with van der Waals surface area (Å²) in [5.74, 6) is 4.01. The summed E-state index contributed by atoms with van der Waals surface area (Å²) in [5, 5.41) is 10.6. The van der Waals surface area contributed by atoms with Gasteiger partial charge in [0.05, 0.1) is 31.1 Å². The number of furan rings is 1. The van der Waals surface area contributed by atoms with Crippen LogP contribution >= 0.6 is 23.1 Å². The highest BCUT2D eigenvalue weighted by Gasteiger charge is 2.18. The predicted octanol–water partition coefficient (Wildman–Crippen LogP) is 5.09. The fourth-order valence-electron chi connectivity index (χ4n) is 3.59. The average Bonchev–Trinajstić information content (AvgIpc) is 3.53. The van der Waals surface area contributed by atoms with Gasteiger partial charge in [-0.1, -0.05) is 23.9 Å². The second-order valence-corrected chi connectivity index (χ2v) is 9.63. The number of nitrogen functional groups attached to an aromatic ring is 1. The minimum absolute atomic E-state index is 0.500. The predicted molar refractivity (Wildman–Crippen MR) is 131 cm³/mol. The van der Waals surface area contributed by atoms with Gasteiger partial charge in [0.2, 0.25) is 0 Å². The molecule has 0 fully saturated rings. The molecule has 0 aliphatic rings. The van der Waals surface area contributed by atoms with Crippen molar-refractivity contribution in [2.24, 2.45) is 0 Å². The molecule has 0 aliphatic heterocycles. The third kappa shape index (κ3) is 4.19. The fraction of sp³-hybridized carbons (Fsp3) is 0.217. The summed E-state index contributed by atoms with van der Waals surface area (Å²) in [6.07, 6.45) is 1.66. The maximum absolute atomic E-state index is 6.26. The van der Waals surface area contributed by atoms with Gasteiger partial charge in [-0.15, -0.1) is 21.5 Å². The number of thiophene rings is 1. The molecule has 0 unspecified atom stereocenters. The highest BCUT2D eigenvalue weighted by molar-refractivity contribution is 7.98. The Morgan fingerprint density at radius 1 is 1.15 bits per heavy atom. The van der Waals surface area contributed by atoms with E-state index in [9.17, 15) is 0 Å². The molecule has 0 atom stereocenters. The number of aromatic nitrogens is 5. The normalized spacial score (nSPS) is 11.4. The van der Waals surface area contributed by atoms with Crippen molar-refractivity contribution in [3.63, 3.8) is 0 Å². The van der Waals surface area contributed by atoms with Crippen LogP contribution in [0.15, 0.2) is 52.2 Å². The molecule has 5 aromatic rings. The number of methoxy groups -OCH3 is 1. The van der Waals surface area contributed by atoms with Crippen LogP contribution < -0.4 is 10.5 Å². The first kappa shape index (κ1) is 21.5. The first-order valence-corrected chi connectivity index (χ1v) is 12.1. The van der Waals surface area contributed by atoms with Gasteiger partial charge in [-0.25, -0.2) is 9.97 Å². The summed E-state index contributed by atoms with van der Waals surface area (Å²) < 4.78 is 13.0. The van der Waals surface area contributed by atoms with E-state index in [0.717, 1.165) is 43.8 Å². The maximum Gasteiger partial charge on any atom is 0.192 e. The topological polar surface area (TPSA) is 105 Å². The number of aryl methyl sites for hydroxylation is 2. The number of rotatable bonds is 7. The van der Waals surface area contributed by atoms with Crippen LogP contribution in [-0.2, 0) is 12.3 Å². The zero-order chi connectivity index (χ0) is 22.9. The molecule has 33 heavy (non-hydrogen) atoms. The van der Waals surface area contributed by atoms with Crippen molar-refractivity contribution in [3.8, 4) is 17.1 Å². The van der Waals surface area contributed by atoms with Crippen molar-refractivity contribution in [1.82, 2.24) is 24.7 Å². The lowest BCUT2D eigenvalue weighted by molar-refractivity contribution is 0.415. The Kier molecular flexibility index (Phi) is 5.77. The number of nitrogens with zero attached hydrogens (tertiary/aromatic N) is 5. The van der Waals surface area contributed by atoms with E-state index in [-0.39, 0.29) is 0 Å². The molecule has 4 aromatic heterocycles. The van der Waals surface area contributed by atoms with Gasteiger partial charge >= 0.3 is 0 Å². The second kappa shape index (κ2) is 8.87. The minimum atomic E-state index is 0.500. The van der Waals surface area contributed by atoms with Crippen LogP contribution in [0.25, 0.3) is 21.6 Å². The summed E-state index contributed by atoms with van der Waals surface area (Å²) in [4.78, 5) is 11.4. The van der Waals surface area contributed by atoms with E-state index in [2.05, 4.69) is 29.0 Å². The molecule has 5 rings (SSSR count). The molecule has 1 aromatic carbocycles. The van der Waals surface area contributed by atoms with E-state index in [1.54, 1.807) is 24.7 Å². The number of anilines is 1. The minimum Gasteiger partial charge on any atom is -0.497 e. The molecule has 0 bridgehead atoms. The first-order valence-electron chi connectivity index (χ1n) is 10.3. The van der Waals surface area contributed by atoms with Gasteiger partial charge in [-0.2, -0.15) is 0 Å². The fourth-order valence-corrected chi connectivity index (χ4v) is 5.44. The molecule has 0 aliphatic carbocycles. The zero-order valence-electron chi connectivity index (χ0n) is 18.4. The molecular formula is C23H22N6O2S2. The van der Waals surface area contributed by atoms with Crippen LogP contribution in [-0.4, -0.2) is 31.8 Å². The first-order chi connectivity index (χ1) is 16.0. The molecule has 0 radical (unpaired) electrons. The number of fused-ring (bicyclic) bond motifs is 1. The molecule has 0 saturated heterocycles. The number of nitrogens with two attached hydrogens (primary N) is 1. The highest BCUT2D eigenvalue weighted by Crippen LogP contribution is 2.33. The van der Waals surface area contributed by atoms with Crippen LogP contribution in [0.2, 0.25) is 0 Å². The van der Waals surface area contributed by atoms with E-state index in [0.29, 0.717) is 23.9 Å². The molecule has 4 heterocycles. The molecule has 8 nitrogen and oxygen atoms in total. The summed E-state index contributed by atoms with van der Waals surface area (Å²) >= 11 is 3.16. The van der Waals surface area contributed by atoms with Gasteiger partial charge in [-0.3, -0.25) is 4.57 Å². The van der Waals surface area contributed by atoms with Crippen LogP contribution in [0.5, 0.6) is 5.75 Å². The van der Waals surface area contributed by atoms with Crippen molar-refractivity contribution < 1.29 is 9.15 Å². The number of hydrogen-bond donors (Lipinski definition) is 1. The Bertz CT molecular complexity index is 1420. The van der Waals surface area contributed by atoms with Crippen molar-refractivity contribution >= 4 is 39.1 Å². The van der Waals surface area contributed by atoms with Gasteiger partial charge in [0.1, 0.15) is 28.0 Å². The largest absolute Gasteiger partial charge is 0.497 e. The SMILES string of the molecule is COc1cccc(-c2nnc(SCc3nc(N)c4c(C)c(C)sc4n3)n2Cc2ccco2)c1. The lowest BCUT2D eigenvalue weighted by Gasteiger charge is -2.10. The third-order valence-electron chi connectivity index (χ3n) is 5.37. The van der Waals surface area contributed by atoms with E-state index < -0.39 is 0 Å².